The lowest BCUT2D eigenvalue weighted by molar-refractivity contribution is 0.216. The highest BCUT2D eigenvalue weighted by Gasteiger charge is 1.94. The van der Waals surface area contributed by atoms with E-state index in [1.54, 1.807) is 13.8 Å². The Morgan fingerprint density at radius 2 is 0.783 bits per heavy atom. The minimum atomic E-state index is -0.167. The van der Waals surface area contributed by atoms with Crippen molar-refractivity contribution in [3.05, 3.63) is 0 Å². The van der Waals surface area contributed by atoms with Gasteiger partial charge in [-0.15, -0.1) is 0 Å². The molecule has 2 heteroatoms. The Kier molecular flexibility index (Phi) is 27.6. The molecule has 0 heterocycles. The summed E-state index contributed by atoms with van der Waals surface area (Å²) >= 11 is 3.49. The van der Waals surface area contributed by atoms with Gasteiger partial charge in [-0.05, 0) is 20.3 Å². The summed E-state index contributed by atoms with van der Waals surface area (Å²) in [6.07, 6.45) is 23.1. The number of hydrogen-bond acceptors (Lipinski definition) is 1. The van der Waals surface area contributed by atoms with Gasteiger partial charge >= 0.3 is 0 Å². The molecule has 0 saturated carbocycles. The van der Waals surface area contributed by atoms with Crippen LogP contribution >= 0.6 is 15.9 Å². The van der Waals surface area contributed by atoms with Gasteiger partial charge in [0.15, 0.2) is 0 Å². The molecule has 23 heavy (non-hydrogen) atoms. The number of hydrogen-bond donors (Lipinski definition) is 1. The molecule has 0 spiro atoms. The lowest BCUT2D eigenvalue weighted by Gasteiger charge is -2.03. The Bertz CT molecular complexity index is 164. The van der Waals surface area contributed by atoms with Gasteiger partial charge in [-0.3, -0.25) is 0 Å². The molecule has 0 aromatic carbocycles. The molecule has 0 aliphatic heterocycles. The lowest BCUT2D eigenvalue weighted by Crippen LogP contribution is -1.85. The molecule has 0 unspecified atom stereocenters. The second-order valence-corrected chi connectivity index (χ2v) is 7.88. The van der Waals surface area contributed by atoms with Crippen LogP contribution in [0.1, 0.15) is 124 Å². The topological polar surface area (TPSA) is 20.2 Å². The Morgan fingerprint density at radius 1 is 0.565 bits per heavy atom. The lowest BCUT2D eigenvalue weighted by atomic mass is 10.0. The van der Waals surface area contributed by atoms with Crippen molar-refractivity contribution in [1.29, 1.82) is 0 Å². The smallest absolute Gasteiger partial charge is 0.0483 e. The summed E-state index contributed by atoms with van der Waals surface area (Å²) in [5.74, 6) is 0. The predicted octanol–water partition coefficient (Wildman–Crippen LogP) is 8.03. The molecular formula is C21H45BrO. The van der Waals surface area contributed by atoms with Crippen LogP contribution in [0, 0.1) is 0 Å². The van der Waals surface area contributed by atoms with Gasteiger partial charge in [-0.2, -0.15) is 0 Å². The van der Waals surface area contributed by atoms with Crippen molar-refractivity contribution in [3.63, 3.8) is 0 Å². The summed E-state index contributed by atoms with van der Waals surface area (Å²) in [7, 11) is 0. The fourth-order valence-corrected chi connectivity index (χ4v) is 3.04. The number of rotatable bonds is 16. The average molecular weight is 393 g/mol. The quantitative estimate of drug-likeness (QED) is 0.208. The zero-order valence-corrected chi connectivity index (χ0v) is 18.0. The minimum Gasteiger partial charge on any atom is -0.394 e. The van der Waals surface area contributed by atoms with Gasteiger partial charge < -0.3 is 5.11 Å². The summed E-state index contributed by atoms with van der Waals surface area (Å²) in [6.45, 7) is 5.74. The van der Waals surface area contributed by atoms with Crippen LogP contribution in [0.25, 0.3) is 0 Å². The average Bonchev–Trinajstić information content (AvgIpc) is 2.50. The number of aliphatic hydroxyl groups is 1. The monoisotopic (exact) mass is 392 g/mol. The molecule has 0 aliphatic carbocycles. The highest BCUT2D eigenvalue weighted by atomic mass is 79.9. The zero-order chi connectivity index (χ0) is 17.6. The van der Waals surface area contributed by atoms with Crippen molar-refractivity contribution < 1.29 is 5.11 Å². The third-order valence-corrected chi connectivity index (χ3v) is 4.55. The van der Waals surface area contributed by atoms with Crippen LogP contribution in [0.3, 0.4) is 0 Å². The molecule has 0 aromatic rings. The highest BCUT2D eigenvalue weighted by molar-refractivity contribution is 9.09. The number of alkyl halides is 1. The maximum Gasteiger partial charge on any atom is 0.0483 e. The van der Waals surface area contributed by atoms with Crippen LogP contribution in [0.15, 0.2) is 0 Å². The zero-order valence-electron chi connectivity index (χ0n) is 16.4. The van der Waals surface area contributed by atoms with Crippen LogP contribution in [-0.4, -0.2) is 16.5 Å². The molecule has 0 amide bonds. The maximum atomic E-state index is 8.06. The predicted molar refractivity (Wildman–Crippen MR) is 111 cm³/mol. The SMILES string of the molecule is CC(C)O.CCCCCCCCCCCCCCCCCCBr. The van der Waals surface area contributed by atoms with E-state index < -0.39 is 0 Å². The molecule has 0 aromatic heterocycles. The van der Waals surface area contributed by atoms with Crippen LogP contribution in [0.5, 0.6) is 0 Å². The molecule has 0 radical (unpaired) electrons. The van der Waals surface area contributed by atoms with E-state index in [0.29, 0.717) is 0 Å². The van der Waals surface area contributed by atoms with Gasteiger partial charge in [-0.1, -0.05) is 119 Å². The molecule has 0 rings (SSSR count). The van der Waals surface area contributed by atoms with E-state index >= 15 is 0 Å². The summed E-state index contributed by atoms with van der Waals surface area (Å²) in [5, 5.41) is 9.24. The van der Waals surface area contributed by atoms with Gasteiger partial charge in [0.25, 0.3) is 0 Å². The first-order valence-electron chi connectivity index (χ1n) is 10.4. The standard InChI is InChI=1S/C18H37Br.C3H8O/c1-2-3-4-5-6-7-8-9-10-11-12-13-14-15-16-17-18-19;1-3(2)4/h2-18H2,1H3;3-4H,1-2H3. The maximum absolute atomic E-state index is 8.06. The third-order valence-electron chi connectivity index (χ3n) is 3.99. The molecule has 0 fully saturated rings. The van der Waals surface area contributed by atoms with E-state index in [1.165, 1.54) is 108 Å². The van der Waals surface area contributed by atoms with Crippen molar-refractivity contribution in [1.82, 2.24) is 0 Å². The molecular weight excluding hydrogens is 348 g/mol. The second-order valence-electron chi connectivity index (χ2n) is 7.09. The molecule has 142 valence electrons. The molecule has 0 bridgehead atoms. The molecule has 0 saturated heterocycles. The van der Waals surface area contributed by atoms with E-state index in [4.69, 9.17) is 5.11 Å². The van der Waals surface area contributed by atoms with Crippen molar-refractivity contribution >= 4 is 15.9 Å². The Hall–Kier alpha value is 0.440. The largest absolute Gasteiger partial charge is 0.394 e. The van der Waals surface area contributed by atoms with Gasteiger partial charge in [0.1, 0.15) is 0 Å². The number of unbranched alkanes of at least 4 members (excludes halogenated alkanes) is 15. The van der Waals surface area contributed by atoms with E-state index in [0.717, 1.165) is 0 Å². The first-order valence-corrected chi connectivity index (χ1v) is 11.5. The van der Waals surface area contributed by atoms with Crippen LogP contribution < -0.4 is 0 Å². The van der Waals surface area contributed by atoms with E-state index in [2.05, 4.69) is 22.9 Å². The molecule has 1 nitrogen and oxygen atoms in total. The van der Waals surface area contributed by atoms with Crippen LogP contribution in [-0.2, 0) is 0 Å². The van der Waals surface area contributed by atoms with E-state index in [9.17, 15) is 0 Å². The van der Waals surface area contributed by atoms with Gasteiger partial charge in [0.2, 0.25) is 0 Å². The van der Waals surface area contributed by atoms with Crippen molar-refractivity contribution in [2.24, 2.45) is 0 Å². The number of halogens is 1. The Balaban J connectivity index is 0. The highest BCUT2D eigenvalue weighted by Crippen LogP contribution is 2.13. The van der Waals surface area contributed by atoms with Gasteiger partial charge in [0, 0.05) is 11.4 Å². The summed E-state index contributed by atoms with van der Waals surface area (Å²) in [5.41, 5.74) is 0. The second kappa shape index (κ2) is 24.7. The van der Waals surface area contributed by atoms with Crippen molar-refractivity contribution in [2.45, 2.75) is 130 Å². The molecule has 1 N–H and O–H groups in total. The summed E-state index contributed by atoms with van der Waals surface area (Å²) in [6, 6.07) is 0. The first kappa shape index (κ1) is 25.7. The van der Waals surface area contributed by atoms with E-state index in [-0.39, 0.29) is 6.10 Å². The minimum absolute atomic E-state index is 0.167. The van der Waals surface area contributed by atoms with Gasteiger partial charge in [0.05, 0.1) is 0 Å². The van der Waals surface area contributed by atoms with Crippen molar-refractivity contribution in [3.8, 4) is 0 Å². The van der Waals surface area contributed by atoms with Crippen LogP contribution in [0.4, 0.5) is 0 Å². The third kappa shape index (κ3) is 34.7. The molecule has 0 atom stereocenters. The van der Waals surface area contributed by atoms with E-state index in [1.807, 2.05) is 0 Å². The normalized spacial score (nSPS) is 10.7. The van der Waals surface area contributed by atoms with Crippen molar-refractivity contribution in [2.75, 3.05) is 5.33 Å². The Labute approximate surface area is 156 Å². The summed E-state index contributed by atoms with van der Waals surface area (Å²) < 4.78 is 0. The molecule has 0 aliphatic rings. The van der Waals surface area contributed by atoms with Crippen LogP contribution in [0.2, 0.25) is 0 Å². The fraction of sp³-hybridized carbons (Fsp3) is 1.00. The van der Waals surface area contributed by atoms with Gasteiger partial charge in [-0.25, -0.2) is 0 Å². The number of aliphatic hydroxyl groups excluding tert-OH is 1. The fourth-order valence-electron chi connectivity index (χ4n) is 2.64. The summed E-state index contributed by atoms with van der Waals surface area (Å²) in [4.78, 5) is 0. The first-order chi connectivity index (χ1) is 11.1. The Morgan fingerprint density at radius 3 is 1.00 bits per heavy atom.